The fraction of sp³-hybridized carbons (Fsp3) is 0.824. The first-order valence-corrected chi connectivity index (χ1v) is 8.96. The predicted octanol–water partition coefficient (Wildman–Crippen LogP) is 4.61. The Hall–Kier alpha value is -0.450. The molecule has 0 fully saturated rings. The summed E-state index contributed by atoms with van der Waals surface area (Å²) in [6, 6.07) is 0.370. The lowest BCUT2D eigenvalue weighted by molar-refractivity contribution is 0.128. The van der Waals surface area contributed by atoms with E-state index in [9.17, 15) is 0 Å². The third-order valence-corrected chi connectivity index (χ3v) is 5.19. The zero-order valence-corrected chi connectivity index (χ0v) is 15.4. The van der Waals surface area contributed by atoms with Crippen LogP contribution in [0.4, 0.5) is 0 Å². The molecular weight excluding hydrogens is 280 g/mol. The molecule has 0 saturated carbocycles. The molecule has 3 nitrogen and oxygen atoms in total. The number of aromatic nitrogens is 1. The summed E-state index contributed by atoms with van der Waals surface area (Å²) in [5.41, 5.74) is 1.31. The molecule has 0 bridgehead atoms. The third kappa shape index (κ3) is 6.45. The van der Waals surface area contributed by atoms with Gasteiger partial charge in [-0.2, -0.15) is 0 Å². The molecule has 1 rings (SSSR count). The van der Waals surface area contributed by atoms with E-state index in [4.69, 9.17) is 9.72 Å². The number of hydrogen-bond acceptors (Lipinski definition) is 4. The van der Waals surface area contributed by atoms with Crippen LogP contribution >= 0.6 is 11.3 Å². The van der Waals surface area contributed by atoms with Gasteiger partial charge in [0.1, 0.15) is 0 Å². The first-order chi connectivity index (χ1) is 9.86. The van der Waals surface area contributed by atoms with Crippen LogP contribution in [-0.4, -0.2) is 24.7 Å². The van der Waals surface area contributed by atoms with Gasteiger partial charge in [-0.1, -0.05) is 34.1 Å². The first kappa shape index (κ1) is 18.6. The second kappa shape index (κ2) is 8.86. The van der Waals surface area contributed by atoms with Crippen LogP contribution in [0, 0.1) is 6.92 Å². The summed E-state index contributed by atoms with van der Waals surface area (Å²) in [5.74, 6) is 0. The maximum Gasteiger partial charge on any atom is 0.0985 e. The largest absolute Gasteiger partial charge is 0.381 e. The summed E-state index contributed by atoms with van der Waals surface area (Å²) in [6.07, 6.45) is 3.44. The molecule has 0 aromatic carbocycles. The van der Waals surface area contributed by atoms with Gasteiger partial charge in [0.2, 0.25) is 0 Å². The zero-order chi connectivity index (χ0) is 15.9. The van der Waals surface area contributed by atoms with Gasteiger partial charge in [0, 0.05) is 29.5 Å². The average Bonchev–Trinajstić information content (AvgIpc) is 2.79. The Labute approximate surface area is 134 Å². The van der Waals surface area contributed by atoms with E-state index >= 15 is 0 Å². The number of hydrogen-bond donors (Lipinski definition) is 1. The van der Waals surface area contributed by atoms with E-state index in [-0.39, 0.29) is 5.41 Å². The molecule has 0 aliphatic heterocycles. The van der Waals surface area contributed by atoms with E-state index in [2.05, 4.69) is 46.9 Å². The van der Waals surface area contributed by atoms with Crippen molar-refractivity contribution >= 4 is 11.3 Å². The molecule has 0 saturated heterocycles. The molecule has 0 radical (unpaired) electrons. The quantitative estimate of drug-likeness (QED) is 0.676. The molecule has 21 heavy (non-hydrogen) atoms. The molecule has 122 valence electrons. The molecule has 1 unspecified atom stereocenters. The van der Waals surface area contributed by atoms with Crippen molar-refractivity contribution in [3.8, 4) is 0 Å². The molecule has 4 heteroatoms. The lowest BCUT2D eigenvalue weighted by Crippen LogP contribution is -2.21. The van der Waals surface area contributed by atoms with Crippen molar-refractivity contribution in [2.75, 3.05) is 19.8 Å². The van der Waals surface area contributed by atoms with Crippen molar-refractivity contribution in [3.63, 3.8) is 0 Å². The number of ether oxygens (including phenoxy) is 1. The molecule has 0 spiro atoms. The van der Waals surface area contributed by atoms with Gasteiger partial charge in [-0.3, -0.25) is 0 Å². The zero-order valence-electron chi connectivity index (χ0n) is 14.6. The van der Waals surface area contributed by atoms with Crippen molar-refractivity contribution in [2.24, 2.45) is 0 Å². The Balaban J connectivity index is 2.35. The molecule has 1 heterocycles. The van der Waals surface area contributed by atoms with Crippen molar-refractivity contribution < 1.29 is 4.74 Å². The van der Waals surface area contributed by atoms with Gasteiger partial charge in [0.25, 0.3) is 0 Å². The Bertz CT molecular complexity index is 409. The maximum atomic E-state index is 5.58. The van der Waals surface area contributed by atoms with E-state index in [1.54, 1.807) is 0 Å². The summed E-state index contributed by atoms with van der Waals surface area (Å²) in [7, 11) is 0. The smallest absolute Gasteiger partial charge is 0.0985 e. The molecule has 1 atom stereocenters. The average molecular weight is 313 g/mol. The van der Waals surface area contributed by atoms with Gasteiger partial charge in [-0.05, 0) is 33.2 Å². The van der Waals surface area contributed by atoms with Gasteiger partial charge in [0.05, 0.1) is 10.7 Å². The molecular formula is C17H32N2OS. The molecule has 0 aliphatic rings. The monoisotopic (exact) mass is 312 g/mol. The van der Waals surface area contributed by atoms with Crippen molar-refractivity contribution in [1.82, 2.24) is 10.3 Å². The van der Waals surface area contributed by atoms with Crippen LogP contribution in [0.5, 0.6) is 0 Å². The van der Waals surface area contributed by atoms with Gasteiger partial charge < -0.3 is 10.1 Å². The van der Waals surface area contributed by atoms with Crippen LogP contribution in [0.2, 0.25) is 0 Å². The normalized spacial score (nSPS) is 13.6. The minimum Gasteiger partial charge on any atom is -0.381 e. The lowest BCUT2D eigenvalue weighted by Gasteiger charge is -2.14. The fourth-order valence-corrected chi connectivity index (χ4v) is 3.22. The Kier molecular flexibility index (Phi) is 7.85. The lowest BCUT2D eigenvalue weighted by atomic mass is 9.98. The highest BCUT2D eigenvalue weighted by atomic mass is 32.1. The highest BCUT2D eigenvalue weighted by Crippen LogP contribution is 2.32. The van der Waals surface area contributed by atoms with Crippen LogP contribution in [-0.2, 0) is 10.2 Å². The van der Waals surface area contributed by atoms with Gasteiger partial charge in [0.15, 0.2) is 0 Å². The van der Waals surface area contributed by atoms with Crippen LogP contribution in [0.1, 0.15) is 75.5 Å². The second-order valence-electron chi connectivity index (χ2n) is 6.71. The number of aryl methyl sites for hydroxylation is 1. The number of rotatable bonds is 9. The molecule has 1 aromatic heterocycles. The molecule has 1 aromatic rings. The SMILES string of the molecule is CCCCOCCCNC(C)c1sc(C(C)(C)C)nc1C. The first-order valence-electron chi connectivity index (χ1n) is 8.15. The maximum absolute atomic E-state index is 5.58. The van der Waals surface area contributed by atoms with E-state index in [0.717, 1.165) is 26.2 Å². The van der Waals surface area contributed by atoms with Crippen molar-refractivity contribution in [3.05, 3.63) is 15.6 Å². The van der Waals surface area contributed by atoms with Gasteiger partial charge in [-0.15, -0.1) is 11.3 Å². The van der Waals surface area contributed by atoms with Gasteiger partial charge >= 0.3 is 0 Å². The fourth-order valence-electron chi connectivity index (χ4n) is 2.06. The third-order valence-electron chi connectivity index (χ3n) is 3.43. The van der Waals surface area contributed by atoms with Crippen LogP contribution < -0.4 is 5.32 Å². The van der Waals surface area contributed by atoms with E-state index < -0.39 is 0 Å². The predicted molar refractivity (Wildman–Crippen MR) is 92.3 cm³/mol. The summed E-state index contributed by atoms with van der Waals surface area (Å²) in [4.78, 5) is 6.10. The number of unbranched alkanes of at least 4 members (excludes halogenated alkanes) is 1. The van der Waals surface area contributed by atoms with Crippen LogP contribution in [0.3, 0.4) is 0 Å². The van der Waals surface area contributed by atoms with Crippen molar-refractivity contribution in [2.45, 2.75) is 72.3 Å². The standard InChI is InChI=1S/C17H32N2OS/c1-7-8-11-20-12-9-10-18-13(2)15-14(3)19-16(21-15)17(4,5)6/h13,18H,7-12H2,1-6H3. The Morgan fingerprint density at radius 3 is 2.48 bits per heavy atom. The highest BCUT2D eigenvalue weighted by Gasteiger charge is 2.22. The highest BCUT2D eigenvalue weighted by molar-refractivity contribution is 7.12. The molecule has 1 N–H and O–H groups in total. The van der Waals surface area contributed by atoms with Gasteiger partial charge in [-0.25, -0.2) is 4.98 Å². The number of thiazole rings is 1. The molecule has 0 aliphatic carbocycles. The summed E-state index contributed by atoms with van der Waals surface area (Å²) in [6.45, 7) is 16.0. The van der Waals surface area contributed by atoms with Crippen molar-refractivity contribution in [1.29, 1.82) is 0 Å². The Morgan fingerprint density at radius 2 is 1.90 bits per heavy atom. The molecule has 0 amide bonds. The summed E-state index contributed by atoms with van der Waals surface area (Å²) in [5, 5.41) is 4.81. The summed E-state index contributed by atoms with van der Waals surface area (Å²) < 4.78 is 5.58. The van der Waals surface area contributed by atoms with Crippen LogP contribution in [0.15, 0.2) is 0 Å². The minimum atomic E-state index is 0.139. The van der Waals surface area contributed by atoms with E-state index in [1.807, 2.05) is 11.3 Å². The number of nitrogens with one attached hydrogen (secondary N) is 1. The Morgan fingerprint density at radius 1 is 1.24 bits per heavy atom. The van der Waals surface area contributed by atoms with E-state index in [1.165, 1.54) is 28.4 Å². The van der Waals surface area contributed by atoms with E-state index in [0.29, 0.717) is 6.04 Å². The topological polar surface area (TPSA) is 34.1 Å². The second-order valence-corrected chi connectivity index (χ2v) is 7.74. The minimum absolute atomic E-state index is 0.139. The summed E-state index contributed by atoms with van der Waals surface area (Å²) >= 11 is 1.84. The van der Waals surface area contributed by atoms with Crippen LogP contribution in [0.25, 0.3) is 0 Å². The number of nitrogens with zero attached hydrogens (tertiary/aromatic N) is 1.